The summed E-state index contributed by atoms with van der Waals surface area (Å²) in [5, 5.41) is 43.3. The van der Waals surface area contributed by atoms with Crippen molar-refractivity contribution in [3.63, 3.8) is 0 Å². The Hall–Kier alpha value is -1.72. The number of rotatable bonds is 14. The average Bonchev–Trinajstić information content (AvgIpc) is 2.58. The van der Waals surface area contributed by atoms with Gasteiger partial charge in [-0.05, 0) is 25.8 Å². The second-order valence-electron chi connectivity index (χ2n) is 5.68. The summed E-state index contributed by atoms with van der Waals surface area (Å²) in [7, 11) is 0. The van der Waals surface area contributed by atoms with Gasteiger partial charge < -0.3 is 41.5 Å². The molecule has 2 unspecified atom stereocenters. The Morgan fingerprint density at radius 2 is 1.88 bits per heavy atom. The van der Waals surface area contributed by atoms with Crippen molar-refractivity contribution < 1.29 is 34.8 Å². The first-order valence-corrected chi connectivity index (χ1v) is 8.59. The van der Waals surface area contributed by atoms with E-state index in [1.165, 1.54) is 6.92 Å². The fourth-order valence-electron chi connectivity index (χ4n) is 1.96. The lowest BCUT2D eigenvalue weighted by Gasteiger charge is -2.20. The zero-order valence-electron chi connectivity index (χ0n) is 15.1. The highest BCUT2D eigenvalue weighted by atomic mass is 16.6. The first-order valence-electron chi connectivity index (χ1n) is 8.59. The SMILES string of the molecule is CC(=O)N/C(=C(\O)C(O)CCO)C(O)OCCCCC(=O)NCCCN. The van der Waals surface area contributed by atoms with E-state index in [9.17, 15) is 24.9 Å². The monoisotopic (exact) mass is 377 g/mol. The average molecular weight is 377 g/mol. The van der Waals surface area contributed by atoms with Crippen LogP contribution in [0.2, 0.25) is 0 Å². The minimum Gasteiger partial charge on any atom is -0.508 e. The van der Waals surface area contributed by atoms with Crippen LogP contribution < -0.4 is 16.4 Å². The molecule has 0 aromatic heterocycles. The Kier molecular flexibility index (Phi) is 13.5. The van der Waals surface area contributed by atoms with E-state index in [1.807, 2.05) is 0 Å². The molecule has 10 heteroatoms. The van der Waals surface area contributed by atoms with Crippen molar-refractivity contribution >= 4 is 11.8 Å². The molecule has 0 aliphatic heterocycles. The molecule has 0 aliphatic carbocycles. The molecule has 0 bridgehead atoms. The van der Waals surface area contributed by atoms with Crippen LogP contribution in [0.5, 0.6) is 0 Å². The number of ether oxygens (including phenoxy) is 1. The Bertz CT molecular complexity index is 457. The number of carbonyl (C=O) groups excluding carboxylic acids is 2. The van der Waals surface area contributed by atoms with E-state index in [4.69, 9.17) is 15.6 Å². The third kappa shape index (κ3) is 11.0. The number of hydrogen-bond acceptors (Lipinski definition) is 8. The highest BCUT2D eigenvalue weighted by molar-refractivity contribution is 5.75. The van der Waals surface area contributed by atoms with Crippen LogP contribution in [0.4, 0.5) is 0 Å². The second kappa shape index (κ2) is 14.4. The van der Waals surface area contributed by atoms with E-state index in [-0.39, 0.29) is 31.2 Å². The van der Waals surface area contributed by atoms with Crippen LogP contribution in [-0.4, -0.2) is 70.9 Å². The summed E-state index contributed by atoms with van der Waals surface area (Å²) >= 11 is 0. The van der Waals surface area contributed by atoms with E-state index in [1.54, 1.807) is 0 Å². The molecular formula is C16H31N3O7. The smallest absolute Gasteiger partial charge is 0.221 e. The number of carbonyl (C=O) groups is 2. The van der Waals surface area contributed by atoms with Gasteiger partial charge in [0.05, 0.1) is 6.61 Å². The van der Waals surface area contributed by atoms with E-state index in [0.29, 0.717) is 38.8 Å². The van der Waals surface area contributed by atoms with Crippen LogP contribution in [-0.2, 0) is 14.3 Å². The quantitative estimate of drug-likeness (QED) is 0.110. The minimum atomic E-state index is -1.66. The summed E-state index contributed by atoms with van der Waals surface area (Å²) in [4.78, 5) is 22.7. The normalized spacial score (nSPS) is 14.3. The molecule has 26 heavy (non-hydrogen) atoms. The number of nitrogens with two attached hydrogens (primary N) is 1. The molecule has 0 fully saturated rings. The maximum absolute atomic E-state index is 11.5. The molecule has 2 amide bonds. The molecule has 10 nitrogen and oxygen atoms in total. The predicted octanol–water partition coefficient (Wildman–Crippen LogP) is -1.39. The summed E-state index contributed by atoms with van der Waals surface area (Å²) in [6, 6.07) is 0. The zero-order chi connectivity index (χ0) is 19.9. The van der Waals surface area contributed by atoms with Crippen LogP contribution in [0.3, 0.4) is 0 Å². The summed E-state index contributed by atoms with van der Waals surface area (Å²) in [6.07, 6.45) is -1.26. The summed E-state index contributed by atoms with van der Waals surface area (Å²) in [5.74, 6) is -1.34. The highest BCUT2D eigenvalue weighted by Crippen LogP contribution is 2.13. The lowest BCUT2D eigenvalue weighted by atomic mass is 10.1. The van der Waals surface area contributed by atoms with Crippen LogP contribution in [0.15, 0.2) is 11.5 Å². The molecule has 152 valence electrons. The van der Waals surface area contributed by atoms with Crippen molar-refractivity contribution in [2.24, 2.45) is 5.73 Å². The number of unbranched alkanes of at least 4 members (excludes halogenated alkanes) is 1. The molecule has 0 aliphatic rings. The van der Waals surface area contributed by atoms with E-state index in [2.05, 4.69) is 10.6 Å². The Labute approximate surface area is 153 Å². The van der Waals surface area contributed by atoms with Gasteiger partial charge in [0, 0.05) is 32.9 Å². The summed E-state index contributed by atoms with van der Waals surface area (Å²) in [6.45, 7) is 1.90. The number of aliphatic hydroxyl groups is 4. The first-order chi connectivity index (χ1) is 12.3. The van der Waals surface area contributed by atoms with Gasteiger partial charge >= 0.3 is 0 Å². The van der Waals surface area contributed by atoms with Gasteiger partial charge in [-0.2, -0.15) is 0 Å². The third-order valence-electron chi connectivity index (χ3n) is 3.33. The summed E-state index contributed by atoms with van der Waals surface area (Å²) in [5.41, 5.74) is 4.95. The predicted molar refractivity (Wildman–Crippen MR) is 93.7 cm³/mol. The largest absolute Gasteiger partial charge is 0.508 e. The first kappa shape index (κ1) is 24.3. The van der Waals surface area contributed by atoms with Crippen LogP contribution >= 0.6 is 0 Å². The zero-order valence-corrected chi connectivity index (χ0v) is 15.1. The molecule has 0 saturated heterocycles. The van der Waals surface area contributed by atoms with Gasteiger partial charge in [-0.15, -0.1) is 0 Å². The molecule has 0 aromatic carbocycles. The lowest BCUT2D eigenvalue weighted by molar-refractivity contribution is -0.123. The molecule has 0 spiro atoms. The fraction of sp³-hybridized carbons (Fsp3) is 0.750. The lowest BCUT2D eigenvalue weighted by Crippen LogP contribution is -2.34. The number of nitrogens with one attached hydrogen (secondary N) is 2. The summed E-state index contributed by atoms with van der Waals surface area (Å²) < 4.78 is 5.14. The minimum absolute atomic E-state index is 0.0731. The van der Waals surface area contributed by atoms with E-state index < -0.39 is 24.1 Å². The van der Waals surface area contributed by atoms with Crippen LogP contribution in [0.1, 0.15) is 39.0 Å². The number of hydrogen-bond donors (Lipinski definition) is 7. The molecule has 0 rings (SSSR count). The number of amides is 2. The van der Waals surface area contributed by atoms with E-state index in [0.717, 1.165) is 0 Å². The second-order valence-corrected chi connectivity index (χ2v) is 5.68. The van der Waals surface area contributed by atoms with Gasteiger partial charge in [-0.25, -0.2) is 0 Å². The topological polar surface area (TPSA) is 174 Å². The molecule has 0 radical (unpaired) electrons. The Balaban J connectivity index is 4.37. The van der Waals surface area contributed by atoms with Crippen LogP contribution in [0.25, 0.3) is 0 Å². The standard InChI is InChI=1S/C16H31N3O7/c1-11(21)19-14(15(24)12(22)6-9-20)16(25)26-10-3-2-5-13(23)18-8-4-7-17/h12,16,20,22,24-25H,2-10,17H2,1H3,(H,18,23)(H,19,21)/b15-14-. The molecule has 0 aromatic rings. The maximum atomic E-state index is 11.5. The number of aliphatic hydroxyl groups excluding tert-OH is 4. The third-order valence-corrected chi connectivity index (χ3v) is 3.33. The van der Waals surface area contributed by atoms with Crippen molar-refractivity contribution in [2.75, 3.05) is 26.3 Å². The van der Waals surface area contributed by atoms with Gasteiger partial charge in [0.1, 0.15) is 17.6 Å². The Morgan fingerprint density at radius 3 is 2.46 bits per heavy atom. The van der Waals surface area contributed by atoms with Crippen molar-refractivity contribution in [3.05, 3.63) is 11.5 Å². The van der Waals surface area contributed by atoms with Crippen molar-refractivity contribution in [1.82, 2.24) is 10.6 Å². The Morgan fingerprint density at radius 1 is 1.19 bits per heavy atom. The fourth-order valence-corrected chi connectivity index (χ4v) is 1.96. The van der Waals surface area contributed by atoms with Crippen LogP contribution in [0, 0.1) is 0 Å². The molecule has 0 heterocycles. The van der Waals surface area contributed by atoms with Crippen molar-refractivity contribution in [2.45, 2.75) is 51.4 Å². The van der Waals surface area contributed by atoms with Gasteiger partial charge in [0.25, 0.3) is 0 Å². The molecule has 8 N–H and O–H groups in total. The maximum Gasteiger partial charge on any atom is 0.221 e. The van der Waals surface area contributed by atoms with Gasteiger partial charge in [0.2, 0.25) is 11.8 Å². The van der Waals surface area contributed by atoms with Gasteiger partial charge in [0.15, 0.2) is 6.29 Å². The van der Waals surface area contributed by atoms with E-state index >= 15 is 0 Å². The van der Waals surface area contributed by atoms with Gasteiger partial charge in [-0.1, -0.05) is 0 Å². The molecule has 0 saturated carbocycles. The highest BCUT2D eigenvalue weighted by Gasteiger charge is 2.22. The van der Waals surface area contributed by atoms with Gasteiger partial charge in [-0.3, -0.25) is 9.59 Å². The molecular weight excluding hydrogens is 346 g/mol. The molecule has 2 atom stereocenters. The van der Waals surface area contributed by atoms with Crippen molar-refractivity contribution in [1.29, 1.82) is 0 Å². The van der Waals surface area contributed by atoms with Crippen molar-refractivity contribution in [3.8, 4) is 0 Å².